The minimum absolute atomic E-state index is 0.387. The van der Waals surface area contributed by atoms with Gasteiger partial charge in [0.05, 0.1) is 7.85 Å². The van der Waals surface area contributed by atoms with E-state index in [0.29, 0.717) is 5.82 Å². The Morgan fingerprint density at radius 1 is 1.45 bits per heavy atom. The molecule has 2 radical (unpaired) electrons. The van der Waals surface area contributed by atoms with Gasteiger partial charge in [0.2, 0.25) is 0 Å². The highest BCUT2D eigenvalue weighted by Gasteiger charge is 2.25. The number of hydrogen-bond donors (Lipinski definition) is 0. The van der Waals surface area contributed by atoms with Gasteiger partial charge in [0.15, 0.2) is 0 Å². The molecule has 62 valence electrons. The molecule has 0 aromatic rings. The van der Waals surface area contributed by atoms with Crippen LogP contribution < -0.4 is 0 Å². The van der Waals surface area contributed by atoms with Crippen LogP contribution in [0.5, 0.6) is 0 Å². The second-order valence-corrected chi connectivity index (χ2v) is 4.37. The van der Waals surface area contributed by atoms with Crippen LogP contribution in [0.4, 0.5) is 0 Å². The number of halogens is 1. The number of hydrogen-bond acceptors (Lipinski definition) is 0. The summed E-state index contributed by atoms with van der Waals surface area (Å²) < 4.78 is 0. The van der Waals surface area contributed by atoms with Crippen molar-refractivity contribution in [1.29, 1.82) is 0 Å². The Labute approximate surface area is 79.7 Å². The fourth-order valence-electron chi connectivity index (χ4n) is 2.12. The first-order chi connectivity index (χ1) is 5.25. The van der Waals surface area contributed by atoms with Crippen molar-refractivity contribution in [3.8, 4) is 0 Å². The van der Waals surface area contributed by atoms with Gasteiger partial charge in [0.1, 0.15) is 0 Å². The fraction of sp³-hybridized carbons (Fsp3) is 1.00. The highest BCUT2D eigenvalue weighted by Crippen LogP contribution is 2.37. The normalized spacial score (nSPS) is 35.1. The van der Waals surface area contributed by atoms with Crippen molar-refractivity contribution in [2.45, 2.75) is 38.4 Å². The molecule has 0 spiro atoms. The summed E-state index contributed by atoms with van der Waals surface area (Å²) in [5.74, 6) is 1.99. The summed E-state index contributed by atoms with van der Waals surface area (Å²) in [6.07, 6.45) is 5.50. The Bertz CT molecular complexity index is 114. The summed E-state index contributed by atoms with van der Waals surface area (Å²) in [6.45, 7) is 2.14. The van der Waals surface area contributed by atoms with E-state index in [1.807, 2.05) is 0 Å². The molecule has 1 fully saturated rings. The van der Waals surface area contributed by atoms with Crippen molar-refractivity contribution < 1.29 is 0 Å². The molecule has 0 bridgehead atoms. The van der Waals surface area contributed by atoms with Crippen LogP contribution in [-0.2, 0) is 0 Å². The maximum atomic E-state index is 5.91. The SMILES string of the molecule is [B][C@@H](C)C1CCCCC1CBr. The fourth-order valence-corrected chi connectivity index (χ4v) is 2.92. The molecule has 0 N–H and O–H groups in total. The summed E-state index contributed by atoms with van der Waals surface area (Å²) in [5, 5.41) is 1.14. The zero-order chi connectivity index (χ0) is 8.27. The Balaban J connectivity index is 2.44. The van der Waals surface area contributed by atoms with E-state index < -0.39 is 0 Å². The quantitative estimate of drug-likeness (QED) is 0.490. The van der Waals surface area contributed by atoms with E-state index in [2.05, 4.69) is 22.9 Å². The van der Waals surface area contributed by atoms with Gasteiger partial charge in [-0.1, -0.05) is 47.9 Å². The third-order valence-corrected chi connectivity index (χ3v) is 3.67. The monoisotopic (exact) mass is 214 g/mol. The molecular weight excluding hydrogens is 199 g/mol. The van der Waals surface area contributed by atoms with Gasteiger partial charge in [-0.2, -0.15) is 0 Å². The van der Waals surface area contributed by atoms with Crippen molar-refractivity contribution in [2.75, 3.05) is 5.33 Å². The highest BCUT2D eigenvalue weighted by molar-refractivity contribution is 9.09. The van der Waals surface area contributed by atoms with E-state index in [1.54, 1.807) is 0 Å². The minimum Gasteiger partial charge on any atom is -0.0925 e. The first-order valence-corrected chi connectivity index (χ1v) is 5.69. The number of rotatable bonds is 2. The molecule has 0 nitrogen and oxygen atoms in total. The van der Waals surface area contributed by atoms with Gasteiger partial charge in [0, 0.05) is 5.33 Å². The van der Waals surface area contributed by atoms with Crippen molar-refractivity contribution in [2.24, 2.45) is 11.8 Å². The molecule has 3 atom stereocenters. The molecule has 2 heteroatoms. The van der Waals surface area contributed by atoms with Crippen LogP contribution in [-0.4, -0.2) is 13.2 Å². The van der Waals surface area contributed by atoms with Crippen molar-refractivity contribution in [1.82, 2.24) is 0 Å². The summed E-state index contributed by atoms with van der Waals surface area (Å²) in [6, 6.07) is 0. The van der Waals surface area contributed by atoms with Crippen LogP contribution in [0.1, 0.15) is 32.6 Å². The van der Waals surface area contributed by atoms with E-state index in [1.165, 1.54) is 25.7 Å². The molecule has 1 saturated carbocycles. The Hall–Kier alpha value is 0.545. The summed E-state index contributed by atoms with van der Waals surface area (Å²) in [7, 11) is 5.91. The third-order valence-electron chi connectivity index (χ3n) is 2.84. The van der Waals surface area contributed by atoms with Gasteiger partial charge in [-0.3, -0.25) is 0 Å². The predicted octanol–water partition coefficient (Wildman–Crippen LogP) is 3.16. The van der Waals surface area contributed by atoms with Gasteiger partial charge >= 0.3 is 0 Å². The maximum absolute atomic E-state index is 5.91. The lowest BCUT2D eigenvalue weighted by atomic mass is 9.67. The second kappa shape index (κ2) is 4.54. The molecule has 1 aliphatic carbocycles. The minimum atomic E-state index is 0.387. The van der Waals surface area contributed by atoms with Crippen LogP contribution in [0.15, 0.2) is 0 Å². The first kappa shape index (κ1) is 9.63. The maximum Gasteiger partial charge on any atom is 0.0699 e. The lowest BCUT2D eigenvalue weighted by Crippen LogP contribution is -2.23. The zero-order valence-corrected chi connectivity index (χ0v) is 8.81. The lowest BCUT2D eigenvalue weighted by molar-refractivity contribution is 0.256. The van der Waals surface area contributed by atoms with E-state index in [4.69, 9.17) is 7.85 Å². The highest BCUT2D eigenvalue weighted by atomic mass is 79.9. The van der Waals surface area contributed by atoms with Crippen LogP contribution in [0.3, 0.4) is 0 Å². The molecule has 1 aliphatic rings. The molecule has 0 aromatic heterocycles. The zero-order valence-electron chi connectivity index (χ0n) is 7.22. The molecular formula is C9H16BBr. The predicted molar refractivity (Wildman–Crippen MR) is 54.4 cm³/mol. The summed E-state index contributed by atoms with van der Waals surface area (Å²) in [5.41, 5.74) is 0. The average Bonchev–Trinajstić information content (AvgIpc) is 2.04. The first-order valence-electron chi connectivity index (χ1n) is 4.57. The Morgan fingerprint density at radius 2 is 2.09 bits per heavy atom. The molecule has 2 unspecified atom stereocenters. The van der Waals surface area contributed by atoms with E-state index in [9.17, 15) is 0 Å². The molecule has 0 heterocycles. The van der Waals surface area contributed by atoms with Gasteiger partial charge in [-0.05, 0) is 18.3 Å². The molecule has 0 aromatic carbocycles. The Morgan fingerprint density at radius 3 is 2.55 bits per heavy atom. The van der Waals surface area contributed by atoms with Gasteiger partial charge in [0.25, 0.3) is 0 Å². The lowest BCUT2D eigenvalue weighted by Gasteiger charge is -2.33. The van der Waals surface area contributed by atoms with Crippen LogP contribution >= 0.6 is 15.9 Å². The van der Waals surface area contributed by atoms with Gasteiger partial charge in [-0.15, -0.1) is 0 Å². The van der Waals surface area contributed by atoms with Crippen LogP contribution in [0, 0.1) is 11.8 Å². The van der Waals surface area contributed by atoms with Crippen molar-refractivity contribution in [3.05, 3.63) is 0 Å². The topological polar surface area (TPSA) is 0 Å². The summed E-state index contributed by atoms with van der Waals surface area (Å²) >= 11 is 3.56. The van der Waals surface area contributed by atoms with Gasteiger partial charge < -0.3 is 0 Å². The van der Waals surface area contributed by atoms with Gasteiger partial charge in [-0.25, -0.2) is 0 Å². The Kier molecular flexibility index (Phi) is 3.98. The average molecular weight is 215 g/mol. The molecule has 0 saturated heterocycles. The molecule has 1 rings (SSSR count). The molecule has 0 aliphatic heterocycles. The van der Waals surface area contributed by atoms with Crippen molar-refractivity contribution >= 4 is 23.8 Å². The van der Waals surface area contributed by atoms with Crippen LogP contribution in [0.2, 0.25) is 5.82 Å². The molecule has 0 amide bonds. The second-order valence-electron chi connectivity index (χ2n) is 3.72. The summed E-state index contributed by atoms with van der Waals surface area (Å²) in [4.78, 5) is 0. The van der Waals surface area contributed by atoms with Crippen LogP contribution in [0.25, 0.3) is 0 Å². The number of alkyl halides is 1. The van der Waals surface area contributed by atoms with E-state index in [-0.39, 0.29) is 0 Å². The van der Waals surface area contributed by atoms with E-state index >= 15 is 0 Å². The third kappa shape index (κ3) is 2.50. The standard InChI is InChI=1S/C9H16BBr/c1-7(10)9-5-3-2-4-8(9)6-11/h7-9H,2-6H2,1H3/t7-,8?,9?/m0/s1. The van der Waals surface area contributed by atoms with Crippen molar-refractivity contribution in [3.63, 3.8) is 0 Å². The molecule has 11 heavy (non-hydrogen) atoms. The van der Waals surface area contributed by atoms with E-state index in [0.717, 1.165) is 17.2 Å². The smallest absolute Gasteiger partial charge is 0.0699 e. The largest absolute Gasteiger partial charge is 0.0925 e.